The Morgan fingerprint density at radius 3 is 2.50 bits per heavy atom. The Bertz CT molecular complexity index is 221. The molecule has 1 rings (SSSR count). The second-order valence-electron chi connectivity index (χ2n) is 3.30. The largest absolute Gasteiger partial charge is 0.511 e. The van der Waals surface area contributed by atoms with Crippen LogP contribution in [0.1, 0.15) is 26.7 Å². The maximum absolute atomic E-state index is 10.9. The van der Waals surface area contributed by atoms with Crippen molar-refractivity contribution in [2.45, 2.75) is 33.0 Å². The smallest absolute Gasteiger partial charge is 0.434 e. The van der Waals surface area contributed by atoms with E-state index in [4.69, 9.17) is 4.74 Å². The molecule has 1 saturated carbocycles. The van der Waals surface area contributed by atoms with E-state index in [0.29, 0.717) is 12.5 Å². The van der Waals surface area contributed by atoms with Gasteiger partial charge in [0, 0.05) is 13.8 Å². The molecule has 0 aromatic heterocycles. The SMILES string of the molecule is CC(=O)O[C@H](C)OC(=O)OCC1CC1. The third-order valence-corrected chi connectivity index (χ3v) is 1.73. The van der Waals surface area contributed by atoms with Gasteiger partial charge in [0.2, 0.25) is 6.29 Å². The molecular formula is C9H14O5. The summed E-state index contributed by atoms with van der Waals surface area (Å²) in [6, 6.07) is 0. The quantitative estimate of drug-likeness (QED) is 0.510. The van der Waals surface area contributed by atoms with E-state index in [2.05, 4.69) is 9.47 Å². The molecule has 1 fully saturated rings. The summed E-state index contributed by atoms with van der Waals surface area (Å²) in [6.45, 7) is 3.10. The van der Waals surface area contributed by atoms with Crippen molar-refractivity contribution < 1.29 is 23.8 Å². The Morgan fingerprint density at radius 2 is 2.00 bits per heavy atom. The zero-order valence-electron chi connectivity index (χ0n) is 8.32. The predicted molar refractivity (Wildman–Crippen MR) is 46.4 cm³/mol. The summed E-state index contributed by atoms with van der Waals surface area (Å²) in [7, 11) is 0. The molecule has 5 nitrogen and oxygen atoms in total. The van der Waals surface area contributed by atoms with Crippen LogP contribution in [0.25, 0.3) is 0 Å². The van der Waals surface area contributed by atoms with Gasteiger partial charge in [0.1, 0.15) is 0 Å². The molecule has 0 heterocycles. The topological polar surface area (TPSA) is 61.8 Å². The third-order valence-electron chi connectivity index (χ3n) is 1.73. The van der Waals surface area contributed by atoms with Gasteiger partial charge in [-0.3, -0.25) is 4.79 Å². The molecule has 0 amide bonds. The zero-order valence-corrected chi connectivity index (χ0v) is 8.32. The summed E-state index contributed by atoms with van der Waals surface area (Å²) in [5.41, 5.74) is 0. The summed E-state index contributed by atoms with van der Waals surface area (Å²) in [5.74, 6) is -0.000857. The Morgan fingerprint density at radius 1 is 1.36 bits per heavy atom. The van der Waals surface area contributed by atoms with Crippen LogP contribution >= 0.6 is 0 Å². The van der Waals surface area contributed by atoms with Crippen molar-refractivity contribution in [2.24, 2.45) is 5.92 Å². The fourth-order valence-electron chi connectivity index (χ4n) is 0.898. The van der Waals surface area contributed by atoms with Gasteiger partial charge < -0.3 is 14.2 Å². The second kappa shape index (κ2) is 4.83. The summed E-state index contributed by atoms with van der Waals surface area (Å²) in [6.07, 6.45) is 0.532. The Kier molecular flexibility index (Phi) is 3.73. The molecule has 1 aliphatic rings. The van der Waals surface area contributed by atoms with Gasteiger partial charge in [-0.15, -0.1) is 0 Å². The highest BCUT2D eigenvalue weighted by molar-refractivity contribution is 5.66. The Labute approximate surface area is 82.3 Å². The molecule has 0 N–H and O–H groups in total. The number of esters is 1. The summed E-state index contributed by atoms with van der Waals surface area (Å²) in [4.78, 5) is 21.4. The van der Waals surface area contributed by atoms with Crippen LogP contribution in [0, 0.1) is 5.92 Å². The van der Waals surface area contributed by atoms with Gasteiger partial charge >= 0.3 is 12.1 Å². The average molecular weight is 202 g/mol. The second-order valence-corrected chi connectivity index (χ2v) is 3.30. The number of hydrogen-bond donors (Lipinski definition) is 0. The average Bonchev–Trinajstić information content (AvgIpc) is 2.81. The Balaban J connectivity index is 2.08. The molecule has 5 heteroatoms. The first-order chi connectivity index (χ1) is 6.58. The highest BCUT2D eigenvalue weighted by atomic mass is 16.8. The molecule has 0 aromatic carbocycles. The number of rotatable bonds is 4. The lowest BCUT2D eigenvalue weighted by atomic mass is 10.5. The van der Waals surface area contributed by atoms with Crippen molar-refractivity contribution in [1.82, 2.24) is 0 Å². The highest BCUT2D eigenvalue weighted by Gasteiger charge is 2.24. The van der Waals surface area contributed by atoms with Crippen LogP contribution in [0.3, 0.4) is 0 Å². The van der Waals surface area contributed by atoms with Crippen LogP contribution in [0.4, 0.5) is 4.79 Å². The van der Waals surface area contributed by atoms with Crippen LogP contribution in [0.15, 0.2) is 0 Å². The third kappa shape index (κ3) is 4.69. The van der Waals surface area contributed by atoms with Gasteiger partial charge in [0.25, 0.3) is 0 Å². The molecule has 0 bridgehead atoms. The van der Waals surface area contributed by atoms with Crippen LogP contribution < -0.4 is 0 Å². The molecule has 0 unspecified atom stereocenters. The number of hydrogen-bond acceptors (Lipinski definition) is 5. The molecule has 80 valence electrons. The Hall–Kier alpha value is -1.26. The summed E-state index contributed by atoms with van der Waals surface area (Å²) < 4.78 is 14.0. The fourth-order valence-corrected chi connectivity index (χ4v) is 0.898. The predicted octanol–water partition coefficient (Wildman–Crippen LogP) is 1.46. The minimum atomic E-state index is -0.890. The molecular weight excluding hydrogens is 188 g/mol. The van der Waals surface area contributed by atoms with E-state index in [9.17, 15) is 9.59 Å². The van der Waals surface area contributed by atoms with Crippen LogP contribution in [-0.2, 0) is 19.0 Å². The molecule has 14 heavy (non-hydrogen) atoms. The van der Waals surface area contributed by atoms with Crippen molar-refractivity contribution in [3.8, 4) is 0 Å². The summed E-state index contributed by atoms with van der Waals surface area (Å²) >= 11 is 0. The maximum atomic E-state index is 10.9. The van der Waals surface area contributed by atoms with Gasteiger partial charge in [-0.1, -0.05) is 0 Å². The molecule has 0 aliphatic heterocycles. The van der Waals surface area contributed by atoms with E-state index in [0.717, 1.165) is 12.8 Å². The minimum absolute atomic E-state index is 0.394. The normalized spacial score (nSPS) is 17.0. The molecule has 1 atom stereocenters. The first-order valence-corrected chi connectivity index (χ1v) is 4.58. The van der Waals surface area contributed by atoms with Crippen molar-refractivity contribution >= 4 is 12.1 Å². The summed E-state index contributed by atoms with van der Waals surface area (Å²) in [5, 5.41) is 0. The molecule has 0 aromatic rings. The lowest BCUT2D eigenvalue weighted by Gasteiger charge is -2.12. The van der Waals surface area contributed by atoms with Gasteiger partial charge in [-0.05, 0) is 18.8 Å². The number of ether oxygens (including phenoxy) is 3. The van der Waals surface area contributed by atoms with E-state index in [1.165, 1.54) is 13.8 Å². The lowest BCUT2D eigenvalue weighted by molar-refractivity contribution is -0.165. The first-order valence-electron chi connectivity index (χ1n) is 4.58. The highest BCUT2D eigenvalue weighted by Crippen LogP contribution is 2.28. The molecule has 0 saturated heterocycles. The van der Waals surface area contributed by atoms with Crippen LogP contribution in [0.2, 0.25) is 0 Å². The standard InChI is InChI=1S/C9H14O5/c1-6(10)13-7(2)14-9(11)12-5-8-3-4-8/h7-8H,3-5H2,1-2H3/t7-/m0/s1. The van der Waals surface area contributed by atoms with E-state index < -0.39 is 18.4 Å². The minimum Gasteiger partial charge on any atom is -0.434 e. The van der Waals surface area contributed by atoms with Crippen molar-refractivity contribution in [3.05, 3.63) is 0 Å². The van der Waals surface area contributed by atoms with Crippen molar-refractivity contribution in [3.63, 3.8) is 0 Å². The van der Waals surface area contributed by atoms with Gasteiger partial charge in [0.05, 0.1) is 6.61 Å². The molecule has 1 aliphatic carbocycles. The molecule has 0 spiro atoms. The maximum Gasteiger partial charge on any atom is 0.511 e. The van der Waals surface area contributed by atoms with Gasteiger partial charge in [0.15, 0.2) is 0 Å². The van der Waals surface area contributed by atoms with E-state index in [-0.39, 0.29) is 0 Å². The van der Waals surface area contributed by atoms with E-state index in [1.54, 1.807) is 0 Å². The van der Waals surface area contributed by atoms with E-state index in [1.807, 2.05) is 0 Å². The van der Waals surface area contributed by atoms with Crippen molar-refractivity contribution in [2.75, 3.05) is 6.61 Å². The first kappa shape index (κ1) is 10.8. The monoisotopic (exact) mass is 202 g/mol. The number of carbonyl (C=O) groups excluding carboxylic acids is 2. The van der Waals surface area contributed by atoms with E-state index >= 15 is 0 Å². The number of carbonyl (C=O) groups is 2. The van der Waals surface area contributed by atoms with Crippen LogP contribution in [-0.4, -0.2) is 25.0 Å². The molecule has 0 radical (unpaired) electrons. The lowest BCUT2D eigenvalue weighted by Crippen LogP contribution is -2.21. The zero-order chi connectivity index (χ0) is 10.6. The van der Waals surface area contributed by atoms with Crippen LogP contribution in [0.5, 0.6) is 0 Å². The van der Waals surface area contributed by atoms with Crippen molar-refractivity contribution in [1.29, 1.82) is 0 Å². The fraction of sp³-hybridized carbons (Fsp3) is 0.778. The van der Waals surface area contributed by atoms with Gasteiger partial charge in [-0.2, -0.15) is 0 Å². The van der Waals surface area contributed by atoms with Gasteiger partial charge in [-0.25, -0.2) is 4.79 Å².